The zero-order chi connectivity index (χ0) is 45.3. The van der Waals surface area contributed by atoms with Crippen LogP contribution < -0.4 is 26.6 Å². The van der Waals surface area contributed by atoms with E-state index in [4.69, 9.17) is 19.7 Å². The average molecular weight is 919 g/mol. The number of nitrogens with zero attached hydrogens (tertiary/aromatic N) is 1. The van der Waals surface area contributed by atoms with Gasteiger partial charge in [0.25, 0.3) is 0 Å². The molecule has 360 valence electrons. The topological polar surface area (TPSA) is 251 Å². The maximum Gasteiger partial charge on any atom is 0.472 e. The summed E-state index contributed by atoms with van der Waals surface area (Å²) in [6.45, 7) is 0.953. The summed E-state index contributed by atoms with van der Waals surface area (Å²) in [6.07, 6.45) is 26.2. The molecule has 2 saturated heterocycles. The van der Waals surface area contributed by atoms with E-state index in [0.29, 0.717) is 31.1 Å². The number of aliphatic carboxylic acids is 1. The number of ether oxygens (including phenoxy) is 2. The molecule has 2 rings (SSSR count). The molecule has 0 spiro atoms. The molecule has 18 heteroatoms. The molecule has 16 nitrogen and oxygen atoms in total. The van der Waals surface area contributed by atoms with Crippen LogP contribution in [-0.2, 0) is 37.5 Å². The van der Waals surface area contributed by atoms with Gasteiger partial charge < -0.3 is 50.7 Å². The zero-order valence-corrected chi connectivity index (χ0v) is 39.3. The fraction of sp³-hybridized carbons (Fsp3) is 0.886. The molecule has 2 amide bonds. The monoisotopic (exact) mass is 919 g/mol. The van der Waals surface area contributed by atoms with Crippen LogP contribution in [-0.4, -0.2) is 96.3 Å². The van der Waals surface area contributed by atoms with Gasteiger partial charge in [-0.1, -0.05) is 135 Å². The van der Waals surface area contributed by atoms with E-state index in [2.05, 4.69) is 27.1 Å². The molecular formula is C44H79N4O12PS-2. The summed E-state index contributed by atoms with van der Waals surface area (Å²) in [4.78, 5) is 61.7. The summed E-state index contributed by atoms with van der Waals surface area (Å²) in [5, 5.41) is 29.4. The number of carbonyl (C=O) groups is 4. The average Bonchev–Trinajstić information content (AvgIpc) is 3.80. The molecule has 0 aromatic heterocycles. The number of rotatable bonds is 41. The second kappa shape index (κ2) is 34.9. The molecule has 0 aromatic rings. The van der Waals surface area contributed by atoms with Crippen molar-refractivity contribution in [2.24, 2.45) is 10.7 Å². The second-order valence-electron chi connectivity index (χ2n) is 16.8. The number of phosphoric ester groups is 1. The first-order valence-electron chi connectivity index (χ1n) is 23.7. The number of esters is 2. The van der Waals surface area contributed by atoms with Crippen LogP contribution in [0.25, 0.3) is 0 Å². The first-order chi connectivity index (χ1) is 29.9. The molecule has 1 unspecified atom stereocenters. The maximum atomic E-state index is 12.7. The molecule has 2 aliphatic heterocycles. The Hall–Kier alpha value is -2.43. The van der Waals surface area contributed by atoms with Crippen molar-refractivity contribution in [2.75, 3.05) is 32.1 Å². The minimum absolute atomic E-state index is 0.0244. The Labute approximate surface area is 375 Å². The lowest BCUT2D eigenvalue weighted by Crippen LogP contribution is -2.44. The zero-order valence-electron chi connectivity index (χ0n) is 37.5. The van der Waals surface area contributed by atoms with E-state index in [1.54, 1.807) is 0 Å². The number of fused-ring (bicyclic) bond motifs is 1. The van der Waals surface area contributed by atoms with E-state index in [0.717, 1.165) is 95.6 Å². The van der Waals surface area contributed by atoms with Crippen LogP contribution in [0.1, 0.15) is 187 Å². The molecule has 2 fully saturated rings. The van der Waals surface area contributed by atoms with Crippen LogP contribution in [0, 0.1) is 0 Å². The molecule has 62 heavy (non-hydrogen) atoms. The maximum absolute atomic E-state index is 12.7. The fourth-order valence-electron chi connectivity index (χ4n) is 7.53. The van der Waals surface area contributed by atoms with Crippen LogP contribution in [0.15, 0.2) is 4.99 Å². The van der Waals surface area contributed by atoms with Gasteiger partial charge in [0.15, 0.2) is 6.10 Å². The number of hydrogen-bond donors (Lipinski definition) is 4. The number of carbonyl (C=O) groups excluding carboxylic acids is 4. The minimum atomic E-state index is -4.77. The molecular weight excluding hydrogens is 840 g/mol. The van der Waals surface area contributed by atoms with E-state index in [1.807, 2.05) is 11.8 Å². The number of carboxylic acids is 1. The van der Waals surface area contributed by atoms with Crippen LogP contribution in [0.4, 0.5) is 4.79 Å². The Kier molecular flexibility index (Phi) is 31.4. The Bertz CT molecular complexity index is 1330. The lowest BCUT2D eigenvalue weighted by Gasteiger charge is -2.21. The Morgan fingerprint density at radius 2 is 1.26 bits per heavy atom. The van der Waals surface area contributed by atoms with E-state index >= 15 is 0 Å². The van der Waals surface area contributed by atoms with Gasteiger partial charge in [-0.3, -0.25) is 18.6 Å². The number of phosphoric acid groups is 1. The standard InChI is InChI=1S/C44H81N4O12PS/c1-2-3-4-5-6-7-8-9-10-12-15-18-21-28-40(50)57-31-35(32-58-61(55,56)59-33-36(45)43(52)53)60-41(51)29-22-19-16-13-11-14-17-20-25-30-46-39(49)27-24-23-26-38-42-37(34-62-38)47-44(54)48-42/h35-38,42H,2-34,45H2,1H3,(H,46,49)(H,52,53)(H,55,56)(H2,47,48,54)/p-2/t35-,36+,37+,38+,42+/m1/s1. The minimum Gasteiger partial charge on any atom is -0.862 e. The smallest absolute Gasteiger partial charge is 0.472 e. The van der Waals surface area contributed by atoms with Crippen LogP contribution in [0.3, 0.4) is 0 Å². The summed E-state index contributed by atoms with van der Waals surface area (Å²) in [5.41, 5.74) is 5.27. The number of nitrogens with one attached hydrogen (secondary N) is 2. The number of amides is 2. The van der Waals surface area contributed by atoms with Crippen molar-refractivity contribution in [3.05, 3.63) is 0 Å². The van der Waals surface area contributed by atoms with Gasteiger partial charge in [-0.05, 0) is 44.4 Å². The Balaban J connectivity index is 1.54. The van der Waals surface area contributed by atoms with Crippen LogP contribution >= 0.6 is 19.6 Å². The molecule has 0 radical (unpaired) electrons. The predicted octanol–water partition coefficient (Wildman–Crippen LogP) is 6.52. The molecule has 0 aromatic carbocycles. The van der Waals surface area contributed by atoms with Crippen molar-refractivity contribution >= 4 is 49.4 Å². The third-order valence-corrected chi connectivity index (χ3v) is 13.7. The molecule has 0 bridgehead atoms. The van der Waals surface area contributed by atoms with E-state index < -0.39 is 51.1 Å². The Morgan fingerprint density at radius 3 is 1.84 bits per heavy atom. The summed E-state index contributed by atoms with van der Waals surface area (Å²) in [6, 6.07) is -1.30. The van der Waals surface area contributed by atoms with Gasteiger partial charge in [0.2, 0.25) is 0 Å². The number of thioether (sulfide) groups is 1. The first kappa shape index (κ1) is 55.7. The number of hydrogen-bond acceptors (Lipinski definition) is 14. The van der Waals surface area contributed by atoms with Crippen LogP contribution in [0.5, 0.6) is 0 Å². The van der Waals surface area contributed by atoms with Gasteiger partial charge in [-0.25, -0.2) is 9.36 Å². The number of unbranched alkanes of at least 4 members (excludes halogenated alkanes) is 21. The van der Waals surface area contributed by atoms with Gasteiger partial charge in [0.05, 0.1) is 37.3 Å². The third kappa shape index (κ3) is 28.4. The second-order valence-corrected chi connectivity index (χ2v) is 19.6. The molecule has 0 aliphatic carbocycles. The normalized spacial score (nSPS) is 19.3. The quantitative estimate of drug-likeness (QED) is 0.0127. The lowest BCUT2D eigenvalue weighted by atomic mass is 10.0. The van der Waals surface area contributed by atoms with Gasteiger partial charge in [0, 0.05) is 30.4 Å². The fourth-order valence-corrected chi connectivity index (χ4v) is 9.85. The molecule has 2 aliphatic rings. The number of carboxylic acid groups (broad SMARTS) is 1. The largest absolute Gasteiger partial charge is 0.862 e. The van der Waals surface area contributed by atoms with Gasteiger partial charge >= 0.3 is 25.8 Å². The number of nitrogens with two attached hydrogens (primary N) is 1. The molecule has 5 N–H and O–H groups in total. The summed E-state index contributed by atoms with van der Waals surface area (Å²) in [5.74, 6) is -1.79. The lowest BCUT2D eigenvalue weighted by molar-refractivity contribution is -0.308. The summed E-state index contributed by atoms with van der Waals surface area (Å²) >= 11 is 1.89. The Morgan fingerprint density at radius 1 is 0.742 bits per heavy atom. The van der Waals surface area contributed by atoms with Crippen molar-refractivity contribution in [3.8, 4) is 0 Å². The SMILES string of the molecule is CCCCCCCCCCCCCCCC(=O)OC[C@H](COP(=O)(O)OC[C@H](N)C(=O)[O-])OC(=O)CCCCCCCCCCCN=C([O-])CCCC[C@@H]1SC[C@@H]2NC(=O)N[C@@H]21. The highest BCUT2D eigenvalue weighted by Gasteiger charge is 2.42. The van der Waals surface area contributed by atoms with E-state index in [9.17, 15) is 38.8 Å². The summed E-state index contributed by atoms with van der Waals surface area (Å²) in [7, 11) is -4.77. The highest BCUT2D eigenvalue weighted by atomic mass is 32.2. The number of aliphatic imine (C=N–C) groups is 1. The highest BCUT2D eigenvalue weighted by Crippen LogP contribution is 2.43. The van der Waals surface area contributed by atoms with Crippen molar-refractivity contribution in [2.45, 2.75) is 216 Å². The molecule has 0 saturated carbocycles. The van der Waals surface area contributed by atoms with Crippen molar-refractivity contribution in [1.29, 1.82) is 0 Å². The van der Waals surface area contributed by atoms with E-state index in [1.165, 1.54) is 57.8 Å². The molecule has 2 heterocycles. The molecule has 6 atom stereocenters. The van der Waals surface area contributed by atoms with Crippen molar-refractivity contribution in [3.63, 3.8) is 0 Å². The van der Waals surface area contributed by atoms with Gasteiger partial charge in [0.1, 0.15) is 6.61 Å². The van der Waals surface area contributed by atoms with E-state index in [-0.39, 0.29) is 43.5 Å². The van der Waals surface area contributed by atoms with Crippen molar-refractivity contribution in [1.82, 2.24) is 10.6 Å². The first-order valence-corrected chi connectivity index (χ1v) is 26.3. The van der Waals surface area contributed by atoms with Gasteiger partial charge in [-0.15, -0.1) is 0 Å². The highest BCUT2D eigenvalue weighted by molar-refractivity contribution is 8.00. The van der Waals surface area contributed by atoms with Crippen LogP contribution in [0.2, 0.25) is 0 Å². The number of urea groups is 1. The van der Waals surface area contributed by atoms with Crippen molar-refractivity contribution < 1.29 is 57.4 Å². The summed E-state index contributed by atoms with van der Waals surface area (Å²) < 4.78 is 32.6. The predicted molar refractivity (Wildman–Crippen MR) is 238 cm³/mol. The van der Waals surface area contributed by atoms with Gasteiger partial charge in [-0.2, -0.15) is 11.8 Å². The third-order valence-electron chi connectivity index (χ3n) is 11.3.